The van der Waals surface area contributed by atoms with Gasteiger partial charge in [0.15, 0.2) is 0 Å². The van der Waals surface area contributed by atoms with Crippen LogP contribution in [0.25, 0.3) is 0 Å². The van der Waals surface area contributed by atoms with Gasteiger partial charge in [0, 0.05) is 6.54 Å². The Hall–Kier alpha value is -1.39. The van der Waals surface area contributed by atoms with Crippen molar-refractivity contribution in [2.45, 2.75) is 90.4 Å². The third-order valence-corrected chi connectivity index (χ3v) is 4.99. The topological polar surface area (TPSA) is 123 Å². The molecule has 0 aromatic heterocycles. The van der Waals surface area contributed by atoms with E-state index in [9.17, 15) is 18.0 Å². The van der Waals surface area contributed by atoms with Crippen LogP contribution in [0.2, 0.25) is 0 Å². The molecule has 0 aromatic carbocycles. The molecule has 3 N–H and O–H groups in total. The summed E-state index contributed by atoms with van der Waals surface area (Å²) in [5, 5.41) is 3.26. The maximum atomic E-state index is 12.6. The monoisotopic (exact) mass is 421 g/mol. The van der Waals surface area contributed by atoms with Gasteiger partial charge in [0.1, 0.15) is 16.7 Å². The Kier molecular flexibility index (Phi) is 8.28. The number of ether oxygens (including phenoxy) is 2. The average Bonchev–Trinajstić information content (AvgIpc) is 2.92. The highest BCUT2D eigenvalue weighted by atomic mass is 32.2. The van der Waals surface area contributed by atoms with Crippen LogP contribution in [0.3, 0.4) is 0 Å². The smallest absolute Gasteiger partial charge is 0.422 e. The van der Waals surface area contributed by atoms with Gasteiger partial charge in [0.05, 0.1) is 0 Å². The third kappa shape index (κ3) is 9.20. The van der Waals surface area contributed by atoms with E-state index in [4.69, 9.17) is 9.47 Å². The van der Waals surface area contributed by atoms with E-state index in [1.807, 2.05) is 25.5 Å². The zero-order chi connectivity index (χ0) is 21.6. The number of hydrogen-bond acceptors (Lipinski definition) is 7. The van der Waals surface area contributed by atoms with Crippen molar-refractivity contribution in [1.82, 2.24) is 14.8 Å². The highest BCUT2D eigenvalue weighted by Gasteiger charge is 2.43. The number of carbonyl (C=O) groups excluding carboxylic acids is 2. The summed E-state index contributed by atoms with van der Waals surface area (Å²) in [6.45, 7) is 11.3. The van der Waals surface area contributed by atoms with Crippen LogP contribution in [-0.4, -0.2) is 50.3 Å². The fourth-order valence-electron chi connectivity index (χ4n) is 2.87. The molecular weight excluding hydrogens is 386 g/mol. The second-order valence-electron chi connectivity index (χ2n) is 9.07. The second-order valence-corrected chi connectivity index (χ2v) is 10.6. The Morgan fingerprint density at radius 2 is 1.64 bits per heavy atom. The van der Waals surface area contributed by atoms with Crippen molar-refractivity contribution in [1.29, 1.82) is 0 Å². The van der Waals surface area contributed by atoms with Gasteiger partial charge in [-0.2, -0.15) is 13.1 Å². The maximum absolute atomic E-state index is 12.6. The Balaban J connectivity index is 2.44. The van der Waals surface area contributed by atoms with Crippen LogP contribution in [0.15, 0.2) is 0 Å². The summed E-state index contributed by atoms with van der Waals surface area (Å²) in [6.07, 6.45) is 2.27. The second kappa shape index (κ2) is 9.41. The lowest BCUT2D eigenvalue weighted by Crippen LogP contribution is -2.50. The first-order chi connectivity index (χ1) is 12.6. The van der Waals surface area contributed by atoms with Crippen LogP contribution in [-0.2, 0) is 24.5 Å². The first-order valence-corrected chi connectivity index (χ1v) is 11.1. The largest absolute Gasteiger partial charge is 0.459 e. The van der Waals surface area contributed by atoms with Gasteiger partial charge in [-0.25, -0.2) is 9.52 Å². The molecule has 10 heteroatoms. The Bertz CT molecular complexity index is 643. The van der Waals surface area contributed by atoms with E-state index >= 15 is 0 Å². The molecular formula is C18H35N3O6S. The first kappa shape index (κ1) is 24.6. The SMILES string of the molecule is CC(C)(C)OC(=O)NS(=O)(=O)NCCCC[C@@]1(C(=O)OC(C)(C)C)CCCN1. The molecule has 0 radical (unpaired) electrons. The van der Waals surface area contributed by atoms with Gasteiger partial charge in [0.2, 0.25) is 0 Å². The van der Waals surface area contributed by atoms with Gasteiger partial charge in [-0.05, 0) is 80.2 Å². The molecule has 0 saturated carbocycles. The van der Waals surface area contributed by atoms with E-state index in [0.29, 0.717) is 25.7 Å². The lowest BCUT2D eigenvalue weighted by molar-refractivity contribution is -0.163. The van der Waals surface area contributed by atoms with E-state index in [-0.39, 0.29) is 12.5 Å². The van der Waals surface area contributed by atoms with Crippen molar-refractivity contribution in [3.8, 4) is 0 Å². The Morgan fingerprint density at radius 3 is 2.14 bits per heavy atom. The van der Waals surface area contributed by atoms with Crippen LogP contribution >= 0.6 is 0 Å². The molecule has 0 unspecified atom stereocenters. The van der Waals surface area contributed by atoms with Crippen molar-refractivity contribution < 1.29 is 27.5 Å². The third-order valence-electron chi connectivity index (χ3n) is 3.97. The van der Waals surface area contributed by atoms with E-state index in [1.165, 1.54) is 0 Å². The molecule has 1 rings (SSSR count). The molecule has 0 spiro atoms. The van der Waals surface area contributed by atoms with Crippen LogP contribution in [0.4, 0.5) is 4.79 Å². The van der Waals surface area contributed by atoms with Crippen LogP contribution in [0.1, 0.15) is 73.6 Å². The van der Waals surface area contributed by atoms with Crippen molar-refractivity contribution in [2.75, 3.05) is 13.1 Å². The molecule has 1 amide bonds. The van der Waals surface area contributed by atoms with Crippen molar-refractivity contribution in [2.24, 2.45) is 0 Å². The zero-order valence-corrected chi connectivity index (χ0v) is 18.6. The highest BCUT2D eigenvalue weighted by Crippen LogP contribution is 2.28. The van der Waals surface area contributed by atoms with E-state index in [0.717, 1.165) is 13.0 Å². The minimum absolute atomic E-state index is 0.141. The summed E-state index contributed by atoms with van der Waals surface area (Å²) in [5.41, 5.74) is -2.05. The van der Waals surface area contributed by atoms with E-state index < -0.39 is 33.0 Å². The van der Waals surface area contributed by atoms with E-state index in [2.05, 4.69) is 10.0 Å². The Morgan fingerprint density at radius 1 is 1.04 bits per heavy atom. The minimum atomic E-state index is -3.99. The van der Waals surface area contributed by atoms with Crippen molar-refractivity contribution >= 4 is 22.3 Å². The number of carbonyl (C=O) groups is 2. The van der Waals surface area contributed by atoms with Crippen LogP contribution in [0, 0.1) is 0 Å². The Labute approximate surface area is 168 Å². The average molecular weight is 422 g/mol. The quantitative estimate of drug-likeness (QED) is 0.404. The number of hydrogen-bond donors (Lipinski definition) is 3. The minimum Gasteiger partial charge on any atom is -0.459 e. The first-order valence-electron chi connectivity index (χ1n) is 9.63. The zero-order valence-electron chi connectivity index (χ0n) is 17.8. The predicted octanol–water partition coefficient (Wildman–Crippen LogP) is 1.98. The molecule has 9 nitrogen and oxygen atoms in total. The number of amides is 1. The molecule has 0 aromatic rings. The lowest BCUT2D eigenvalue weighted by atomic mass is 9.90. The number of esters is 1. The number of unbranched alkanes of at least 4 members (excludes halogenated alkanes) is 1. The maximum Gasteiger partial charge on any atom is 0.422 e. The summed E-state index contributed by atoms with van der Waals surface area (Å²) < 4.78 is 38.3. The van der Waals surface area contributed by atoms with Crippen molar-refractivity contribution in [3.05, 3.63) is 0 Å². The number of rotatable bonds is 8. The summed E-state index contributed by atoms with van der Waals surface area (Å²) in [4.78, 5) is 24.1. The standard InChI is InChI=1S/C18H35N3O6S/c1-16(2,3)26-14(22)18(11-9-12-19-18)10-7-8-13-20-28(24,25)21-15(23)27-17(4,5)6/h19-20H,7-13H2,1-6H3,(H,21,23)/t18-/m0/s1. The molecule has 0 aliphatic carbocycles. The van der Waals surface area contributed by atoms with Gasteiger partial charge in [-0.1, -0.05) is 0 Å². The van der Waals surface area contributed by atoms with Gasteiger partial charge < -0.3 is 14.8 Å². The molecule has 1 saturated heterocycles. The molecule has 1 heterocycles. The molecule has 0 bridgehead atoms. The molecule has 164 valence electrons. The summed E-state index contributed by atoms with van der Waals surface area (Å²) in [6, 6.07) is 0. The summed E-state index contributed by atoms with van der Waals surface area (Å²) >= 11 is 0. The van der Waals surface area contributed by atoms with Crippen LogP contribution in [0.5, 0.6) is 0 Å². The molecule has 1 aliphatic rings. The fourth-order valence-corrected chi connectivity index (χ4v) is 3.62. The molecule has 1 fully saturated rings. The van der Waals surface area contributed by atoms with Gasteiger partial charge in [-0.15, -0.1) is 0 Å². The van der Waals surface area contributed by atoms with E-state index in [1.54, 1.807) is 20.8 Å². The lowest BCUT2D eigenvalue weighted by Gasteiger charge is -2.31. The predicted molar refractivity (Wildman–Crippen MR) is 106 cm³/mol. The normalized spacial score (nSPS) is 20.6. The van der Waals surface area contributed by atoms with Crippen molar-refractivity contribution in [3.63, 3.8) is 0 Å². The molecule has 1 atom stereocenters. The van der Waals surface area contributed by atoms with Crippen LogP contribution < -0.4 is 14.8 Å². The number of nitrogens with one attached hydrogen (secondary N) is 3. The van der Waals surface area contributed by atoms with Gasteiger partial charge in [0.25, 0.3) is 0 Å². The van der Waals surface area contributed by atoms with Gasteiger partial charge in [-0.3, -0.25) is 4.79 Å². The fraction of sp³-hybridized carbons (Fsp3) is 0.889. The molecule has 1 aliphatic heterocycles. The summed E-state index contributed by atoms with van der Waals surface area (Å²) in [7, 11) is -3.99. The highest BCUT2D eigenvalue weighted by molar-refractivity contribution is 7.88. The van der Waals surface area contributed by atoms with Gasteiger partial charge >= 0.3 is 22.3 Å². The molecule has 28 heavy (non-hydrogen) atoms. The summed E-state index contributed by atoms with van der Waals surface area (Å²) in [5.74, 6) is -0.260.